The van der Waals surface area contributed by atoms with Gasteiger partial charge in [0.05, 0.1) is 7.11 Å². The van der Waals surface area contributed by atoms with E-state index in [0.717, 1.165) is 41.7 Å². The first-order valence-electron chi connectivity index (χ1n) is 8.58. The van der Waals surface area contributed by atoms with Gasteiger partial charge in [-0.1, -0.05) is 28.1 Å². The van der Waals surface area contributed by atoms with Crippen molar-refractivity contribution in [3.05, 3.63) is 57.8 Å². The Balaban J connectivity index is 1.95. The third-order valence-corrected chi connectivity index (χ3v) is 4.65. The predicted octanol–water partition coefficient (Wildman–Crippen LogP) is 4.22. The maximum absolute atomic E-state index is 13.0. The highest BCUT2D eigenvalue weighted by Crippen LogP contribution is 2.34. The molecule has 2 aromatic carbocycles. The second-order valence-electron chi connectivity index (χ2n) is 6.34. The van der Waals surface area contributed by atoms with Crippen LogP contribution in [0.3, 0.4) is 0 Å². The Morgan fingerprint density at radius 2 is 1.85 bits per heavy atom. The van der Waals surface area contributed by atoms with Crippen LogP contribution in [0.5, 0.6) is 11.5 Å². The Labute approximate surface area is 163 Å². The summed E-state index contributed by atoms with van der Waals surface area (Å²) in [5, 5.41) is 3.44. The topological polar surface area (TPSA) is 33.7 Å². The Kier molecular flexibility index (Phi) is 8.35. The Morgan fingerprint density at radius 1 is 1.12 bits per heavy atom. The van der Waals surface area contributed by atoms with Crippen molar-refractivity contribution in [3.63, 3.8) is 0 Å². The van der Waals surface area contributed by atoms with Crippen molar-refractivity contribution in [2.24, 2.45) is 0 Å². The minimum atomic E-state index is -0.253. The van der Waals surface area contributed by atoms with E-state index < -0.39 is 0 Å². The second kappa shape index (κ2) is 10.5. The maximum Gasteiger partial charge on any atom is 0.162 e. The van der Waals surface area contributed by atoms with Gasteiger partial charge in [-0.3, -0.25) is 0 Å². The number of rotatable bonds is 10. The normalized spacial score (nSPS) is 11.0. The molecular formula is C20H26BrFN2O2. The Morgan fingerprint density at radius 3 is 2.50 bits per heavy atom. The van der Waals surface area contributed by atoms with Gasteiger partial charge in [-0.15, -0.1) is 0 Å². The van der Waals surface area contributed by atoms with Crippen LogP contribution in [0.25, 0.3) is 0 Å². The van der Waals surface area contributed by atoms with E-state index in [4.69, 9.17) is 9.47 Å². The molecule has 2 aromatic rings. The zero-order valence-electron chi connectivity index (χ0n) is 15.5. The smallest absolute Gasteiger partial charge is 0.162 e. The highest BCUT2D eigenvalue weighted by molar-refractivity contribution is 9.10. The Hall–Kier alpha value is -1.63. The molecule has 0 radical (unpaired) electrons. The molecule has 142 valence electrons. The highest BCUT2D eigenvalue weighted by atomic mass is 79.9. The molecule has 0 spiro atoms. The molecule has 1 N–H and O–H groups in total. The van der Waals surface area contributed by atoms with E-state index in [-0.39, 0.29) is 5.82 Å². The molecule has 0 amide bonds. The summed E-state index contributed by atoms with van der Waals surface area (Å²) in [6, 6.07) is 10.2. The first-order chi connectivity index (χ1) is 12.5. The number of nitrogens with one attached hydrogen (secondary N) is 1. The lowest BCUT2D eigenvalue weighted by Gasteiger charge is -2.15. The number of benzene rings is 2. The summed E-state index contributed by atoms with van der Waals surface area (Å²) in [5.41, 5.74) is 2.01. The van der Waals surface area contributed by atoms with Crippen molar-refractivity contribution >= 4 is 15.9 Å². The van der Waals surface area contributed by atoms with Crippen molar-refractivity contribution in [3.8, 4) is 11.5 Å². The molecule has 4 nitrogen and oxygen atoms in total. The first kappa shape index (κ1) is 20.7. The minimum Gasteiger partial charge on any atom is -0.493 e. The summed E-state index contributed by atoms with van der Waals surface area (Å²) in [6.07, 6.45) is 1.10. The van der Waals surface area contributed by atoms with Gasteiger partial charge in [-0.2, -0.15) is 0 Å². The van der Waals surface area contributed by atoms with Crippen LogP contribution in [0.4, 0.5) is 4.39 Å². The van der Waals surface area contributed by atoms with Crippen LogP contribution < -0.4 is 14.8 Å². The van der Waals surface area contributed by atoms with Crippen LogP contribution in [0.1, 0.15) is 17.5 Å². The fraction of sp³-hybridized carbons (Fsp3) is 0.400. The van der Waals surface area contributed by atoms with E-state index in [1.54, 1.807) is 19.2 Å². The summed E-state index contributed by atoms with van der Waals surface area (Å²) in [5.74, 6) is 1.08. The lowest BCUT2D eigenvalue weighted by Crippen LogP contribution is -2.21. The van der Waals surface area contributed by atoms with E-state index in [9.17, 15) is 4.39 Å². The van der Waals surface area contributed by atoms with E-state index >= 15 is 0 Å². The molecule has 0 atom stereocenters. The summed E-state index contributed by atoms with van der Waals surface area (Å²) >= 11 is 3.61. The molecule has 0 heterocycles. The number of halogens is 2. The van der Waals surface area contributed by atoms with E-state index in [1.807, 2.05) is 12.1 Å². The molecule has 0 fully saturated rings. The number of hydrogen-bond acceptors (Lipinski definition) is 4. The molecule has 0 unspecified atom stereocenters. The maximum atomic E-state index is 13.0. The third-order valence-electron chi connectivity index (χ3n) is 3.91. The average molecular weight is 425 g/mol. The van der Waals surface area contributed by atoms with Gasteiger partial charge in [-0.25, -0.2) is 4.39 Å². The molecule has 0 aliphatic carbocycles. The van der Waals surface area contributed by atoms with Crippen LogP contribution >= 0.6 is 15.9 Å². The van der Waals surface area contributed by atoms with Crippen LogP contribution in [0, 0.1) is 5.82 Å². The lowest BCUT2D eigenvalue weighted by atomic mass is 10.2. The summed E-state index contributed by atoms with van der Waals surface area (Å²) in [7, 11) is 5.78. The Bertz CT molecular complexity index is 693. The third kappa shape index (κ3) is 6.59. The zero-order valence-corrected chi connectivity index (χ0v) is 17.1. The van der Waals surface area contributed by atoms with E-state index in [0.29, 0.717) is 18.1 Å². The number of nitrogens with zero attached hydrogens (tertiary/aromatic N) is 1. The average Bonchev–Trinajstić information content (AvgIpc) is 2.62. The van der Waals surface area contributed by atoms with Gasteiger partial charge in [0.25, 0.3) is 0 Å². The van der Waals surface area contributed by atoms with Crippen molar-refractivity contribution in [2.75, 3.05) is 34.3 Å². The molecule has 6 heteroatoms. The monoisotopic (exact) mass is 424 g/mol. The summed E-state index contributed by atoms with van der Waals surface area (Å²) < 4.78 is 25.3. The van der Waals surface area contributed by atoms with Gasteiger partial charge >= 0.3 is 0 Å². The molecule has 0 aliphatic heterocycles. The van der Waals surface area contributed by atoms with Gasteiger partial charge < -0.3 is 19.7 Å². The minimum absolute atomic E-state index is 0.253. The summed E-state index contributed by atoms with van der Waals surface area (Å²) in [6.45, 7) is 3.12. The molecule has 0 aliphatic rings. The molecule has 0 aromatic heterocycles. The fourth-order valence-corrected chi connectivity index (χ4v) is 2.93. The molecule has 0 bridgehead atoms. The fourth-order valence-electron chi connectivity index (χ4n) is 2.47. The van der Waals surface area contributed by atoms with Crippen molar-refractivity contribution in [1.29, 1.82) is 0 Å². The van der Waals surface area contributed by atoms with Crippen LogP contribution in [0.15, 0.2) is 40.9 Å². The number of methoxy groups -OCH3 is 1. The summed E-state index contributed by atoms with van der Waals surface area (Å²) in [4.78, 5) is 2.17. The van der Waals surface area contributed by atoms with Crippen molar-refractivity contribution in [1.82, 2.24) is 10.2 Å². The van der Waals surface area contributed by atoms with Gasteiger partial charge in [-0.05, 0) is 69.0 Å². The largest absolute Gasteiger partial charge is 0.493 e. The van der Waals surface area contributed by atoms with Gasteiger partial charge in [0.15, 0.2) is 11.5 Å². The second-order valence-corrected chi connectivity index (χ2v) is 7.20. The first-order valence-corrected chi connectivity index (χ1v) is 9.38. The zero-order chi connectivity index (χ0) is 18.9. The molecular weight excluding hydrogens is 399 g/mol. The highest BCUT2D eigenvalue weighted by Gasteiger charge is 2.11. The van der Waals surface area contributed by atoms with Gasteiger partial charge in [0.2, 0.25) is 0 Å². The lowest BCUT2D eigenvalue weighted by molar-refractivity contribution is 0.284. The quantitative estimate of drug-likeness (QED) is 0.578. The molecule has 0 saturated heterocycles. The number of ether oxygens (including phenoxy) is 2. The van der Waals surface area contributed by atoms with Crippen LogP contribution in [0.2, 0.25) is 0 Å². The van der Waals surface area contributed by atoms with E-state index in [2.05, 4.69) is 40.2 Å². The van der Waals surface area contributed by atoms with Crippen LogP contribution in [-0.4, -0.2) is 39.2 Å². The predicted molar refractivity (Wildman–Crippen MR) is 106 cm³/mol. The number of hydrogen-bond donors (Lipinski definition) is 1. The van der Waals surface area contributed by atoms with Crippen LogP contribution in [-0.2, 0) is 13.2 Å². The SMILES string of the molecule is COc1cc(CNCCCN(C)C)c(Br)cc1OCc1ccc(F)cc1. The standard InChI is InChI=1S/C20H26BrFN2O2/c1-24(2)10-4-9-23-13-16-11-19(25-3)20(12-18(16)21)26-14-15-5-7-17(22)8-6-15/h5-8,11-12,23H,4,9-10,13-14H2,1-3H3. The molecule has 26 heavy (non-hydrogen) atoms. The van der Waals surface area contributed by atoms with Gasteiger partial charge in [0, 0.05) is 11.0 Å². The van der Waals surface area contributed by atoms with Crippen molar-refractivity contribution < 1.29 is 13.9 Å². The van der Waals surface area contributed by atoms with Gasteiger partial charge in [0.1, 0.15) is 12.4 Å². The van der Waals surface area contributed by atoms with Crippen molar-refractivity contribution in [2.45, 2.75) is 19.6 Å². The van der Waals surface area contributed by atoms with E-state index in [1.165, 1.54) is 12.1 Å². The molecule has 0 saturated carbocycles. The molecule has 2 rings (SSSR count).